The number of anilines is 1. The zero-order valence-electron chi connectivity index (χ0n) is 15.5. The van der Waals surface area contributed by atoms with Crippen molar-refractivity contribution in [3.63, 3.8) is 0 Å². The van der Waals surface area contributed by atoms with Crippen LogP contribution in [-0.4, -0.2) is 30.6 Å². The molecular formula is C21H23ClFN3O2. The molecule has 1 aromatic heterocycles. The lowest BCUT2D eigenvalue weighted by atomic mass is 9.94. The predicted molar refractivity (Wildman–Crippen MR) is 106 cm³/mol. The Labute approximate surface area is 168 Å². The number of pyridine rings is 1. The summed E-state index contributed by atoms with van der Waals surface area (Å²) in [4.78, 5) is 19.4. The SMILES string of the molecule is O=C(N[C@@H]1CCCOc2ccc(F)cc21)C1CCN(c2ccc(Cl)cn2)CC1. The third-order valence-electron chi connectivity index (χ3n) is 5.46. The molecule has 1 N–H and O–H groups in total. The molecule has 148 valence electrons. The Morgan fingerprint density at radius 3 is 2.79 bits per heavy atom. The number of halogens is 2. The number of rotatable bonds is 3. The van der Waals surface area contributed by atoms with Gasteiger partial charge in [-0.1, -0.05) is 11.6 Å². The lowest BCUT2D eigenvalue weighted by Crippen LogP contribution is -2.41. The summed E-state index contributed by atoms with van der Waals surface area (Å²) < 4.78 is 19.4. The number of ether oxygens (including phenoxy) is 1. The molecule has 7 heteroatoms. The van der Waals surface area contributed by atoms with Gasteiger partial charge in [-0.25, -0.2) is 9.37 Å². The van der Waals surface area contributed by atoms with E-state index in [4.69, 9.17) is 16.3 Å². The fourth-order valence-corrected chi connectivity index (χ4v) is 4.03. The van der Waals surface area contributed by atoms with Gasteiger partial charge in [0.05, 0.1) is 17.7 Å². The lowest BCUT2D eigenvalue weighted by molar-refractivity contribution is -0.126. The molecule has 2 aliphatic rings. The quantitative estimate of drug-likeness (QED) is 0.837. The number of benzene rings is 1. The molecule has 1 amide bonds. The van der Waals surface area contributed by atoms with Crippen LogP contribution in [0.2, 0.25) is 5.02 Å². The molecule has 4 rings (SSSR count). The van der Waals surface area contributed by atoms with E-state index in [1.807, 2.05) is 12.1 Å². The average molecular weight is 404 g/mol. The van der Waals surface area contributed by atoms with E-state index in [0.717, 1.165) is 50.2 Å². The van der Waals surface area contributed by atoms with Crippen LogP contribution in [0, 0.1) is 11.7 Å². The first-order chi connectivity index (χ1) is 13.6. The summed E-state index contributed by atoms with van der Waals surface area (Å²) in [5.41, 5.74) is 0.730. The Balaban J connectivity index is 1.38. The Morgan fingerprint density at radius 1 is 1.21 bits per heavy atom. The van der Waals surface area contributed by atoms with E-state index in [1.54, 1.807) is 12.3 Å². The molecule has 0 bridgehead atoms. The second-order valence-corrected chi connectivity index (χ2v) is 7.77. The van der Waals surface area contributed by atoms with Gasteiger partial charge in [-0.05, 0) is 56.0 Å². The van der Waals surface area contributed by atoms with Gasteiger partial charge in [0.2, 0.25) is 5.91 Å². The first-order valence-corrected chi connectivity index (χ1v) is 10.1. The van der Waals surface area contributed by atoms with Crippen molar-refractivity contribution < 1.29 is 13.9 Å². The zero-order chi connectivity index (χ0) is 19.5. The summed E-state index contributed by atoms with van der Waals surface area (Å²) in [5, 5.41) is 3.75. The molecule has 3 heterocycles. The molecular weight excluding hydrogens is 381 g/mol. The van der Waals surface area contributed by atoms with E-state index < -0.39 is 0 Å². The van der Waals surface area contributed by atoms with Crippen molar-refractivity contribution in [2.24, 2.45) is 5.92 Å². The maximum Gasteiger partial charge on any atom is 0.223 e. The summed E-state index contributed by atoms with van der Waals surface area (Å²) in [7, 11) is 0. The van der Waals surface area contributed by atoms with Crippen LogP contribution in [0.3, 0.4) is 0 Å². The summed E-state index contributed by atoms with van der Waals surface area (Å²) in [6.45, 7) is 2.12. The molecule has 0 unspecified atom stereocenters. The van der Waals surface area contributed by atoms with E-state index in [1.165, 1.54) is 12.1 Å². The minimum absolute atomic E-state index is 0.0332. The maximum absolute atomic E-state index is 13.7. The van der Waals surface area contributed by atoms with Gasteiger partial charge in [-0.3, -0.25) is 4.79 Å². The van der Waals surface area contributed by atoms with Crippen LogP contribution in [0.15, 0.2) is 36.5 Å². The minimum Gasteiger partial charge on any atom is -0.493 e. The van der Waals surface area contributed by atoms with Crippen LogP contribution in [0.4, 0.5) is 10.2 Å². The van der Waals surface area contributed by atoms with E-state index >= 15 is 0 Å². The van der Waals surface area contributed by atoms with E-state index in [-0.39, 0.29) is 23.7 Å². The average Bonchev–Trinajstić information content (AvgIpc) is 2.91. The maximum atomic E-state index is 13.7. The zero-order valence-corrected chi connectivity index (χ0v) is 16.3. The molecule has 0 radical (unpaired) electrons. The predicted octanol–water partition coefficient (Wildman–Crippen LogP) is 4.12. The fraction of sp³-hybridized carbons (Fsp3) is 0.429. The van der Waals surface area contributed by atoms with Gasteiger partial charge < -0.3 is 15.0 Å². The van der Waals surface area contributed by atoms with Gasteiger partial charge in [0.15, 0.2) is 0 Å². The Morgan fingerprint density at radius 2 is 2.04 bits per heavy atom. The topological polar surface area (TPSA) is 54.5 Å². The Kier molecular flexibility index (Phi) is 5.67. The second-order valence-electron chi connectivity index (χ2n) is 7.33. The van der Waals surface area contributed by atoms with Gasteiger partial charge in [0.1, 0.15) is 17.4 Å². The number of fused-ring (bicyclic) bond motifs is 1. The highest BCUT2D eigenvalue weighted by atomic mass is 35.5. The number of nitrogens with one attached hydrogen (secondary N) is 1. The van der Waals surface area contributed by atoms with Gasteiger partial charge in [0, 0.05) is 30.8 Å². The number of carbonyl (C=O) groups excluding carboxylic acids is 1. The van der Waals surface area contributed by atoms with Crippen molar-refractivity contribution in [1.82, 2.24) is 10.3 Å². The highest BCUT2D eigenvalue weighted by Gasteiger charge is 2.29. The Bertz CT molecular complexity index is 838. The molecule has 1 atom stereocenters. The number of carbonyl (C=O) groups is 1. The number of nitrogens with zero attached hydrogens (tertiary/aromatic N) is 2. The summed E-state index contributed by atoms with van der Waals surface area (Å²) >= 11 is 5.90. The number of aromatic nitrogens is 1. The van der Waals surface area contributed by atoms with Gasteiger partial charge in [0.25, 0.3) is 0 Å². The van der Waals surface area contributed by atoms with Crippen LogP contribution in [-0.2, 0) is 4.79 Å². The minimum atomic E-state index is -0.313. The monoisotopic (exact) mass is 403 g/mol. The van der Waals surface area contributed by atoms with Crippen LogP contribution in [0.5, 0.6) is 5.75 Å². The fourth-order valence-electron chi connectivity index (χ4n) is 3.91. The van der Waals surface area contributed by atoms with Gasteiger partial charge in [-0.15, -0.1) is 0 Å². The van der Waals surface area contributed by atoms with Crippen LogP contribution in [0.1, 0.15) is 37.3 Å². The van der Waals surface area contributed by atoms with Crippen LogP contribution < -0.4 is 15.0 Å². The second kappa shape index (κ2) is 8.35. The smallest absolute Gasteiger partial charge is 0.223 e. The van der Waals surface area contributed by atoms with Crippen molar-refractivity contribution in [3.8, 4) is 5.75 Å². The largest absolute Gasteiger partial charge is 0.493 e. The highest BCUT2D eigenvalue weighted by molar-refractivity contribution is 6.30. The summed E-state index contributed by atoms with van der Waals surface area (Å²) in [5.74, 6) is 1.21. The van der Waals surface area contributed by atoms with E-state index in [9.17, 15) is 9.18 Å². The van der Waals surface area contributed by atoms with E-state index in [0.29, 0.717) is 17.4 Å². The molecule has 1 saturated heterocycles. The number of amides is 1. The normalized spacial score (nSPS) is 20.1. The molecule has 0 saturated carbocycles. The van der Waals surface area contributed by atoms with Crippen molar-refractivity contribution in [2.45, 2.75) is 31.7 Å². The summed E-state index contributed by atoms with van der Waals surface area (Å²) in [6.07, 6.45) is 4.72. The van der Waals surface area contributed by atoms with E-state index in [2.05, 4.69) is 15.2 Å². The molecule has 2 aliphatic heterocycles. The van der Waals surface area contributed by atoms with Crippen LogP contribution >= 0.6 is 11.6 Å². The van der Waals surface area contributed by atoms with Crippen molar-refractivity contribution in [2.75, 3.05) is 24.6 Å². The molecule has 5 nitrogen and oxygen atoms in total. The van der Waals surface area contributed by atoms with Gasteiger partial charge in [-0.2, -0.15) is 0 Å². The lowest BCUT2D eigenvalue weighted by Gasteiger charge is -2.33. The molecule has 1 fully saturated rings. The van der Waals surface area contributed by atoms with Gasteiger partial charge >= 0.3 is 0 Å². The molecule has 28 heavy (non-hydrogen) atoms. The van der Waals surface area contributed by atoms with Crippen molar-refractivity contribution in [1.29, 1.82) is 0 Å². The molecule has 2 aromatic rings. The first-order valence-electron chi connectivity index (χ1n) is 9.69. The number of piperidine rings is 1. The van der Waals surface area contributed by atoms with Crippen molar-refractivity contribution >= 4 is 23.3 Å². The van der Waals surface area contributed by atoms with Crippen molar-refractivity contribution in [3.05, 3.63) is 52.9 Å². The molecule has 0 aliphatic carbocycles. The number of hydrogen-bond donors (Lipinski definition) is 1. The Hall–Kier alpha value is -2.34. The third-order valence-corrected chi connectivity index (χ3v) is 5.68. The number of hydrogen-bond acceptors (Lipinski definition) is 4. The van der Waals surface area contributed by atoms with Crippen LogP contribution in [0.25, 0.3) is 0 Å². The highest BCUT2D eigenvalue weighted by Crippen LogP contribution is 2.33. The summed E-state index contributed by atoms with van der Waals surface area (Å²) in [6, 6.07) is 8.03. The molecule has 0 spiro atoms. The standard InChI is InChI=1S/C21H23ClFN3O2/c22-15-3-6-20(24-13-15)26-9-7-14(8-10-26)21(27)25-18-2-1-11-28-19-5-4-16(23)12-17(18)19/h3-6,12-14,18H,1-2,7-11H2,(H,25,27)/t18-/m1/s1. The molecule has 1 aromatic carbocycles. The third kappa shape index (κ3) is 4.22. The first kappa shape index (κ1) is 19.0.